The van der Waals surface area contributed by atoms with Crippen LogP contribution in [0, 0.1) is 0 Å². The number of benzene rings is 2. The van der Waals surface area contributed by atoms with Crippen molar-refractivity contribution in [2.45, 2.75) is 53.4 Å². The first-order valence-electron chi connectivity index (χ1n) is 12.4. The van der Waals surface area contributed by atoms with E-state index in [-0.39, 0.29) is 22.6 Å². The summed E-state index contributed by atoms with van der Waals surface area (Å²) < 4.78 is 15.1. The van der Waals surface area contributed by atoms with E-state index in [0.717, 1.165) is 45.3 Å². The van der Waals surface area contributed by atoms with Gasteiger partial charge in [0.2, 0.25) is 0 Å². The van der Waals surface area contributed by atoms with Crippen LogP contribution in [0.4, 0.5) is 0 Å². The van der Waals surface area contributed by atoms with Crippen LogP contribution >= 0.6 is 0 Å². The maximum atomic E-state index is 12.2. The van der Waals surface area contributed by atoms with E-state index in [0.29, 0.717) is 6.61 Å². The fraction of sp³-hybridized carbons (Fsp3) is 0.429. The molecule has 9 heteroatoms. The number of rotatable bonds is 13. The zero-order valence-electron chi connectivity index (χ0n) is 22.0. The molecule has 0 radical (unpaired) electrons. The number of ether oxygens (including phenoxy) is 3. The number of nitrogens with zero attached hydrogens (tertiary/aromatic N) is 1. The molecule has 0 saturated carbocycles. The molecular weight excluding hydrogens is 478 g/mol. The van der Waals surface area contributed by atoms with Gasteiger partial charge in [0, 0.05) is 20.4 Å². The van der Waals surface area contributed by atoms with Gasteiger partial charge >= 0.3 is 23.9 Å². The Morgan fingerprint density at radius 2 is 1.19 bits per heavy atom. The second kappa shape index (κ2) is 17.7. The minimum atomic E-state index is -1.11. The van der Waals surface area contributed by atoms with E-state index in [1.165, 1.54) is 26.0 Å². The third-order valence-electron chi connectivity index (χ3n) is 5.03. The Morgan fingerprint density at radius 1 is 0.730 bits per heavy atom. The van der Waals surface area contributed by atoms with Crippen LogP contribution < -0.4 is 9.47 Å². The first-order chi connectivity index (χ1) is 17.7. The first-order valence-corrected chi connectivity index (χ1v) is 12.4. The van der Waals surface area contributed by atoms with Gasteiger partial charge in [-0.05, 0) is 50.2 Å². The third-order valence-corrected chi connectivity index (χ3v) is 5.03. The number of carbonyl (C=O) groups is 4. The molecule has 0 heterocycles. The molecule has 202 valence electrons. The first kappa shape index (κ1) is 31.3. The van der Waals surface area contributed by atoms with E-state index < -0.39 is 23.9 Å². The zero-order chi connectivity index (χ0) is 27.6. The summed E-state index contributed by atoms with van der Waals surface area (Å²) in [5.41, 5.74) is 0.263. The fourth-order valence-electron chi connectivity index (χ4n) is 3.21. The largest absolute Gasteiger partial charge is 0.478 e. The van der Waals surface area contributed by atoms with Gasteiger partial charge in [-0.1, -0.05) is 51.0 Å². The number of esters is 3. The Hall–Kier alpha value is -3.72. The monoisotopic (exact) mass is 515 g/mol. The second-order valence-corrected chi connectivity index (χ2v) is 8.17. The Labute approximate surface area is 218 Å². The lowest BCUT2D eigenvalue weighted by molar-refractivity contribution is -0.132. The highest BCUT2D eigenvalue weighted by molar-refractivity contribution is 5.93. The van der Waals surface area contributed by atoms with Gasteiger partial charge in [-0.2, -0.15) is 0 Å². The van der Waals surface area contributed by atoms with Gasteiger partial charge in [0.05, 0.1) is 0 Å². The Balaban J connectivity index is 0.000000442. The summed E-state index contributed by atoms with van der Waals surface area (Å²) in [5.74, 6) is -2.25. The van der Waals surface area contributed by atoms with Crippen LogP contribution in [-0.2, 0) is 14.3 Å². The van der Waals surface area contributed by atoms with Gasteiger partial charge < -0.3 is 19.3 Å². The maximum absolute atomic E-state index is 12.2. The van der Waals surface area contributed by atoms with Crippen molar-refractivity contribution in [3.63, 3.8) is 0 Å². The Morgan fingerprint density at radius 3 is 1.65 bits per heavy atom. The highest BCUT2D eigenvalue weighted by Crippen LogP contribution is 2.19. The molecule has 2 rings (SSSR count). The van der Waals surface area contributed by atoms with Crippen molar-refractivity contribution in [3.05, 3.63) is 59.7 Å². The summed E-state index contributed by atoms with van der Waals surface area (Å²) in [6.07, 6.45) is 4.59. The smallest absolute Gasteiger partial charge is 0.341 e. The summed E-state index contributed by atoms with van der Waals surface area (Å²) in [6.45, 7) is 9.98. The molecule has 0 aromatic heterocycles. The van der Waals surface area contributed by atoms with E-state index in [9.17, 15) is 19.2 Å². The molecule has 0 aliphatic carbocycles. The van der Waals surface area contributed by atoms with E-state index in [4.69, 9.17) is 14.6 Å². The molecule has 0 bridgehead atoms. The minimum absolute atomic E-state index is 0.0160. The molecule has 2 aromatic carbocycles. The normalized spacial score (nSPS) is 10.2. The number of carbonyl (C=O) groups excluding carboxylic acids is 3. The lowest BCUT2D eigenvalue weighted by atomic mass is 10.2. The van der Waals surface area contributed by atoms with Crippen LogP contribution in [0.25, 0.3) is 0 Å². The number of hydrogen-bond acceptors (Lipinski definition) is 8. The quantitative estimate of drug-likeness (QED) is 0.291. The summed E-state index contributed by atoms with van der Waals surface area (Å²) in [4.78, 5) is 46.9. The number of para-hydroxylation sites is 2. The molecule has 2 aromatic rings. The lowest BCUT2D eigenvalue weighted by Crippen LogP contribution is -2.30. The predicted molar refractivity (Wildman–Crippen MR) is 139 cm³/mol. The molecule has 0 saturated heterocycles. The van der Waals surface area contributed by atoms with Crippen molar-refractivity contribution in [1.29, 1.82) is 0 Å². The standard InChI is InChI=1S/C19H29NO4.C9H8O4/c1-4-6-12-20(13-7-5-2)14-15-23-19(22)17-10-8-9-11-18(17)24-16(3)21;1-6(10)13-8-5-3-2-4-7(8)9(11)12/h8-11H,4-7,12-15H2,1-3H3;2-5H,1H3,(H,11,12). The van der Waals surface area contributed by atoms with Gasteiger partial charge in [0.25, 0.3) is 0 Å². The summed E-state index contributed by atoms with van der Waals surface area (Å²) >= 11 is 0. The molecule has 0 atom stereocenters. The SMILES string of the molecule is CC(=O)Oc1ccccc1C(=O)O.CCCCN(CCCC)CCOC(=O)c1ccccc1OC(C)=O. The van der Waals surface area contributed by atoms with Crippen LogP contribution in [0.5, 0.6) is 11.5 Å². The van der Waals surface area contributed by atoms with Crippen LogP contribution in [-0.4, -0.2) is 60.1 Å². The summed E-state index contributed by atoms with van der Waals surface area (Å²) in [6, 6.07) is 12.6. The molecule has 0 unspecified atom stereocenters. The average molecular weight is 516 g/mol. The fourth-order valence-corrected chi connectivity index (χ4v) is 3.21. The molecule has 9 nitrogen and oxygen atoms in total. The van der Waals surface area contributed by atoms with E-state index in [2.05, 4.69) is 23.5 Å². The van der Waals surface area contributed by atoms with Gasteiger partial charge in [-0.15, -0.1) is 0 Å². The summed E-state index contributed by atoms with van der Waals surface area (Å²) in [5, 5.41) is 8.69. The van der Waals surface area contributed by atoms with E-state index in [1.54, 1.807) is 36.4 Å². The second-order valence-electron chi connectivity index (χ2n) is 8.17. The number of carboxylic acids is 1. The van der Waals surface area contributed by atoms with Crippen LogP contribution in [0.2, 0.25) is 0 Å². The van der Waals surface area contributed by atoms with Crippen LogP contribution in [0.1, 0.15) is 74.1 Å². The van der Waals surface area contributed by atoms with Crippen molar-refractivity contribution in [2.24, 2.45) is 0 Å². The minimum Gasteiger partial charge on any atom is -0.478 e. The lowest BCUT2D eigenvalue weighted by Gasteiger charge is -2.21. The van der Waals surface area contributed by atoms with Crippen molar-refractivity contribution >= 4 is 23.9 Å². The highest BCUT2D eigenvalue weighted by atomic mass is 16.5. The zero-order valence-corrected chi connectivity index (χ0v) is 22.0. The van der Waals surface area contributed by atoms with Crippen molar-refractivity contribution in [1.82, 2.24) is 4.90 Å². The summed E-state index contributed by atoms with van der Waals surface area (Å²) in [7, 11) is 0. The van der Waals surface area contributed by atoms with Crippen molar-refractivity contribution in [3.8, 4) is 11.5 Å². The molecular formula is C28H37NO8. The Kier molecular flexibility index (Phi) is 15.0. The third kappa shape index (κ3) is 12.7. The van der Waals surface area contributed by atoms with Gasteiger partial charge in [-0.3, -0.25) is 14.5 Å². The molecule has 37 heavy (non-hydrogen) atoms. The highest BCUT2D eigenvalue weighted by Gasteiger charge is 2.15. The van der Waals surface area contributed by atoms with E-state index >= 15 is 0 Å². The molecule has 0 fully saturated rings. The van der Waals surface area contributed by atoms with Crippen LogP contribution in [0.15, 0.2) is 48.5 Å². The number of hydrogen-bond donors (Lipinski definition) is 1. The molecule has 0 aliphatic heterocycles. The number of unbranched alkanes of at least 4 members (excludes halogenated alkanes) is 2. The topological polar surface area (TPSA) is 119 Å². The van der Waals surface area contributed by atoms with E-state index in [1.807, 2.05) is 0 Å². The van der Waals surface area contributed by atoms with Crippen molar-refractivity contribution < 1.29 is 38.5 Å². The van der Waals surface area contributed by atoms with Crippen LogP contribution in [0.3, 0.4) is 0 Å². The molecule has 0 aliphatic rings. The van der Waals surface area contributed by atoms with Crippen molar-refractivity contribution in [2.75, 3.05) is 26.2 Å². The van der Waals surface area contributed by atoms with Gasteiger partial charge in [0.15, 0.2) is 0 Å². The average Bonchev–Trinajstić information content (AvgIpc) is 2.85. The maximum Gasteiger partial charge on any atom is 0.341 e. The van der Waals surface area contributed by atoms with Gasteiger partial charge in [0.1, 0.15) is 29.2 Å². The molecule has 0 spiro atoms. The Bertz CT molecular complexity index is 1010. The number of aromatic carboxylic acids is 1. The predicted octanol–water partition coefficient (Wildman–Crippen LogP) is 4.98. The molecule has 0 amide bonds. The molecule has 1 N–H and O–H groups in total. The van der Waals surface area contributed by atoms with Gasteiger partial charge in [-0.25, -0.2) is 9.59 Å². The number of carboxylic acid groups (broad SMARTS) is 1.